The predicted molar refractivity (Wildman–Crippen MR) is 83.3 cm³/mol. The van der Waals surface area contributed by atoms with E-state index >= 15 is 0 Å². The molecular weight excluding hydrogens is 330 g/mol. The molecule has 18 heavy (non-hydrogen) atoms. The lowest BCUT2D eigenvalue weighted by molar-refractivity contribution is -0.113. The first kappa shape index (κ1) is 13.6. The van der Waals surface area contributed by atoms with Gasteiger partial charge in [0.2, 0.25) is 5.91 Å². The highest BCUT2D eigenvalue weighted by Gasteiger charge is 2.05. The van der Waals surface area contributed by atoms with Gasteiger partial charge in [-0.3, -0.25) is 4.79 Å². The molecule has 1 amide bonds. The molecule has 5 heteroatoms. The molecule has 2 nitrogen and oxygen atoms in total. The molecule has 2 aromatic rings. The summed E-state index contributed by atoms with van der Waals surface area (Å²) >= 11 is 6.75. The van der Waals surface area contributed by atoms with Crippen molar-refractivity contribution in [2.45, 2.75) is 5.75 Å². The highest BCUT2D eigenvalue weighted by atomic mass is 79.9. The van der Waals surface area contributed by atoms with Crippen LogP contribution in [-0.4, -0.2) is 11.7 Å². The number of amides is 1. The molecule has 0 saturated heterocycles. The standard InChI is InChI=1S/C13H12BrNOS2/c14-11-5-1-2-6-12(11)15-13(16)9-17-8-10-4-3-7-18-10/h1-7H,8-9H2,(H,15,16). The van der Waals surface area contributed by atoms with Crippen molar-refractivity contribution in [1.29, 1.82) is 0 Å². The Hall–Kier alpha value is -0.780. The van der Waals surface area contributed by atoms with Crippen LogP contribution in [0.3, 0.4) is 0 Å². The van der Waals surface area contributed by atoms with Crippen LogP contribution in [0.2, 0.25) is 0 Å². The second kappa shape index (κ2) is 6.97. The molecule has 1 aromatic carbocycles. The van der Waals surface area contributed by atoms with Gasteiger partial charge in [0.15, 0.2) is 0 Å². The number of para-hydroxylation sites is 1. The largest absolute Gasteiger partial charge is 0.324 e. The van der Waals surface area contributed by atoms with E-state index in [9.17, 15) is 4.79 Å². The molecule has 0 aliphatic heterocycles. The molecule has 1 aromatic heterocycles. The summed E-state index contributed by atoms with van der Waals surface area (Å²) in [5.74, 6) is 1.39. The minimum atomic E-state index is 0.0310. The molecule has 0 spiro atoms. The molecule has 0 radical (unpaired) electrons. The Balaban J connectivity index is 1.77. The number of anilines is 1. The van der Waals surface area contributed by atoms with E-state index in [-0.39, 0.29) is 5.91 Å². The van der Waals surface area contributed by atoms with Gasteiger partial charge in [-0.15, -0.1) is 23.1 Å². The van der Waals surface area contributed by atoms with E-state index in [4.69, 9.17) is 0 Å². The number of nitrogens with one attached hydrogen (secondary N) is 1. The van der Waals surface area contributed by atoms with E-state index in [1.165, 1.54) is 4.88 Å². The van der Waals surface area contributed by atoms with Crippen molar-refractivity contribution in [3.8, 4) is 0 Å². The number of carbonyl (C=O) groups is 1. The summed E-state index contributed by atoms with van der Waals surface area (Å²) < 4.78 is 0.904. The van der Waals surface area contributed by atoms with Gasteiger partial charge in [-0.25, -0.2) is 0 Å². The maximum atomic E-state index is 11.7. The van der Waals surface area contributed by atoms with Crippen LogP contribution in [0.1, 0.15) is 4.88 Å². The van der Waals surface area contributed by atoms with Crippen LogP contribution in [0, 0.1) is 0 Å². The van der Waals surface area contributed by atoms with Gasteiger partial charge < -0.3 is 5.32 Å². The third-order valence-electron chi connectivity index (χ3n) is 2.21. The second-order valence-corrected chi connectivity index (χ2v) is 6.47. The van der Waals surface area contributed by atoms with Crippen molar-refractivity contribution in [2.75, 3.05) is 11.1 Å². The van der Waals surface area contributed by atoms with Crippen LogP contribution in [-0.2, 0) is 10.5 Å². The van der Waals surface area contributed by atoms with Gasteiger partial charge in [0, 0.05) is 15.1 Å². The molecule has 1 N–H and O–H groups in total. The minimum Gasteiger partial charge on any atom is -0.324 e. The van der Waals surface area contributed by atoms with Crippen LogP contribution >= 0.6 is 39.0 Å². The SMILES string of the molecule is O=C(CSCc1cccs1)Nc1ccccc1Br. The van der Waals surface area contributed by atoms with Crippen molar-refractivity contribution < 1.29 is 4.79 Å². The molecule has 0 aliphatic rings. The molecule has 94 valence electrons. The quantitative estimate of drug-likeness (QED) is 0.874. The zero-order valence-electron chi connectivity index (χ0n) is 9.56. The van der Waals surface area contributed by atoms with Gasteiger partial charge in [-0.2, -0.15) is 0 Å². The van der Waals surface area contributed by atoms with Crippen LogP contribution in [0.4, 0.5) is 5.69 Å². The zero-order chi connectivity index (χ0) is 12.8. The molecule has 0 bridgehead atoms. The number of thiophene rings is 1. The smallest absolute Gasteiger partial charge is 0.234 e. The number of hydrogen-bond donors (Lipinski definition) is 1. The Labute approximate surface area is 123 Å². The number of halogens is 1. The van der Waals surface area contributed by atoms with Crippen molar-refractivity contribution in [3.63, 3.8) is 0 Å². The lowest BCUT2D eigenvalue weighted by Gasteiger charge is -2.06. The van der Waals surface area contributed by atoms with Crippen LogP contribution < -0.4 is 5.32 Å². The van der Waals surface area contributed by atoms with E-state index in [1.54, 1.807) is 23.1 Å². The summed E-state index contributed by atoms with van der Waals surface area (Å²) in [7, 11) is 0. The number of benzene rings is 1. The molecule has 0 unspecified atom stereocenters. The lowest BCUT2D eigenvalue weighted by Crippen LogP contribution is -2.14. The third-order valence-corrected chi connectivity index (χ3v) is 4.94. The maximum Gasteiger partial charge on any atom is 0.234 e. The Morgan fingerprint density at radius 2 is 2.11 bits per heavy atom. The van der Waals surface area contributed by atoms with Crippen LogP contribution in [0.25, 0.3) is 0 Å². The second-order valence-electron chi connectivity index (χ2n) is 3.60. The third kappa shape index (κ3) is 4.15. The highest BCUT2D eigenvalue weighted by molar-refractivity contribution is 9.10. The molecule has 0 atom stereocenters. The number of rotatable bonds is 5. The first-order valence-electron chi connectivity index (χ1n) is 5.40. The van der Waals surface area contributed by atoms with Gasteiger partial charge in [0.05, 0.1) is 11.4 Å². The topological polar surface area (TPSA) is 29.1 Å². The number of carbonyl (C=O) groups excluding carboxylic acids is 1. The van der Waals surface area contributed by atoms with E-state index in [0.717, 1.165) is 15.9 Å². The van der Waals surface area contributed by atoms with Crippen molar-refractivity contribution in [3.05, 3.63) is 51.1 Å². The minimum absolute atomic E-state index is 0.0310. The summed E-state index contributed by atoms with van der Waals surface area (Å²) in [6.07, 6.45) is 0. The molecular formula is C13H12BrNOS2. The number of hydrogen-bond acceptors (Lipinski definition) is 3. The Morgan fingerprint density at radius 1 is 1.28 bits per heavy atom. The Morgan fingerprint density at radius 3 is 2.83 bits per heavy atom. The fraction of sp³-hybridized carbons (Fsp3) is 0.154. The fourth-order valence-corrected chi connectivity index (χ4v) is 3.44. The zero-order valence-corrected chi connectivity index (χ0v) is 12.8. The molecule has 0 saturated carbocycles. The van der Waals surface area contributed by atoms with Crippen molar-refractivity contribution >= 4 is 50.6 Å². The lowest BCUT2D eigenvalue weighted by atomic mass is 10.3. The van der Waals surface area contributed by atoms with E-state index in [0.29, 0.717) is 5.75 Å². The monoisotopic (exact) mass is 341 g/mol. The fourth-order valence-electron chi connectivity index (χ4n) is 1.39. The Bertz CT molecular complexity index is 513. The van der Waals surface area contributed by atoms with Crippen molar-refractivity contribution in [1.82, 2.24) is 0 Å². The molecule has 1 heterocycles. The van der Waals surface area contributed by atoms with Gasteiger partial charge in [-0.1, -0.05) is 18.2 Å². The summed E-state index contributed by atoms with van der Waals surface area (Å²) in [6.45, 7) is 0. The van der Waals surface area contributed by atoms with E-state index < -0.39 is 0 Å². The molecule has 2 rings (SSSR count). The number of thioether (sulfide) groups is 1. The highest BCUT2D eigenvalue weighted by Crippen LogP contribution is 2.22. The van der Waals surface area contributed by atoms with Gasteiger partial charge >= 0.3 is 0 Å². The summed E-state index contributed by atoms with van der Waals surface area (Å²) in [5.41, 5.74) is 0.819. The molecule has 0 aliphatic carbocycles. The van der Waals surface area contributed by atoms with Crippen LogP contribution in [0.15, 0.2) is 46.3 Å². The van der Waals surface area contributed by atoms with Gasteiger partial charge in [0.1, 0.15) is 0 Å². The summed E-state index contributed by atoms with van der Waals surface area (Å²) in [4.78, 5) is 13.0. The first-order chi connectivity index (χ1) is 8.75. The van der Waals surface area contributed by atoms with Crippen molar-refractivity contribution in [2.24, 2.45) is 0 Å². The average molecular weight is 342 g/mol. The Kier molecular flexibility index (Phi) is 5.28. The predicted octanol–water partition coefficient (Wildman–Crippen LogP) is 4.38. The van der Waals surface area contributed by atoms with Gasteiger partial charge in [0.25, 0.3) is 0 Å². The average Bonchev–Trinajstić information content (AvgIpc) is 2.85. The normalized spacial score (nSPS) is 10.3. The van der Waals surface area contributed by atoms with E-state index in [1.807, 2.05) is 30.3 Å². The van der Waals surface area contributed by atoms with Crippen LogP contribution in [0.5, 0.6) is 0 Å². The summed E-state index contributed by atoms with van der Waals surface area (Å²) in [6, 6.07) is 11.7. The summed E-state index contributed by atoms with van der Waals surface area (Å²) in [5, 5.41) is 4.94. The van der Waals surface area contributed by atoms with Gasteiger partial charge in [-0.05, 0) is 39.5 Å². The van der Waals surface area contributed by atoms with E-state index in [2.05, 4.69) is 32.7 Å². The first-order valence-corrected chi connectivity index (χ1v) is 8.23. The molecule has 0 fully saturated rings. The maximum absolute atomic E-state index is 11.7.